The van der Waals surface area contributed by atoms with Crippen LogP contribution in [-0.2, 0) is 6.42 Å². The second-order valence-electron chi connectivity index (χ2n) is 4.56. The van der Waals surface area contributed by atoms with Crippen LogP contribution in [-0.4, -0.2) is 18.1 Å². The topological polar surface area (TPSA) is 24.9 Å². The maximum atomic E-state index is 4.34. The Hall–Kier alpha value is -1.19. The van der Waals surface area contributed by atoms with Crippen molar-refractivity contribution in [3.05, 3.63) is 52.5 Å². The minimum absolute atomic E-state index is 0.515. The van der Waals surface area contributed by atoms with Crippen LogP contribution in [0.25, 0.3) is 0 Å². The number of hydrogen-bond donors (Lipinski definition) is 1. The SMILES string of the molecule is CC(CNCCCc1ccccc1)c1nccs1. The largest absolute Gasteiger partial charge is 0.316 e. The number of nitrogens with one attached hydrogen (secondary N) is 1. The van der Waals surface area contributed by atoms with Gasteiger partial charge in [-0.3, -0.25) is 0 Å². The van der Waals surface area contributed by atoms with Crippen LogP contribution in [0.2, 0.25) is 0 Å². The smallest absolute Gasteiger partial charge is 0.0965 e. The van der Waals surface area contributed by atoms with E-state index in [4.69, 9.17) is 0 Å². The molecule has 0 saturated carbocycles. The third kappa shape index (κ3) is 4.24. The summed E-state index contributed by atoms with van der Waals surface area (Å²) < 4.78 is 0. The third-order valence-corrected chi connectivity index (χ3v) is 3.99. The lowest BCUT2D eigenvalue weighted by molar-refractivity contribution is 0.594. The Morgan fingerprint density at radius 2 is 2.11 bits per heavy atom. The molecule has 0 amide bonds. The highest BCUT2D eigenvalue weighted by Crippen LogP contribution is 2.16. The zero-order valence-corrected chi connectivity index (χ0v) is 11.6. The molecule has 3 heteroatoms. The molecule has 0 radical (unpaired) electrons. The monoisotopic (exact) mass is 260 g/mol. The van der Waals surface area contributed by atoms with Gasteiger partial charge in [-0.05, 0) is 24.9 Å². The van der Waals surface area contributed by atoms with Gasteiger partial charge in [0.25, 0.3) is 0 Å². The first-order valence-corrected chi connectivity index (χ1v) is 7.38. The van der Waals surface area contributed by atoms with Gasteiger partial charge in [-0.15, -0.1) is 11.3 Å². The molecule has 0 aliphatic heterocycles. The van der Waals surface area contributed by atoms with Crippen LogP contribution in [0.15, 0.2) is 41.9 Å². The summed E-state index contributed by atoms with van der Waals surface area (Å²) in [5.41, 5.74) is 1.42. The predicted molar refractivity (Wildman–Crippen MR) is 78.2 cm³/mol. The molecule has 2 nitrogen and oxygen atoms in total. The van der Waals surface area contributed by atoms with Crippen molar-refractivity contribution in [1.29, 1.82) is 0 Å². The zero-order chi connectivity index (χ0) is 12.6. The summed E-state index contributed by atoms with van der Waals surface area (Å²) in [6.45, 7) is 4.32. The summed E-state index contributed by atoms with van der Waals surface area (Å²) in [5.74, 6) is 0.515. The molecule has 0 fully saturated rings. The molecule has 1 atom stereocenters. The summed E-state index contributed by atoms with van der Waals surface area (Å²) >= 11 is 1.74. The van der Waals surface area contributed by atoms with Crippen molar-refractivity contribution in [3.63, 3.8) is 0 Å². The molecule has 1 aromatic carbocycles. The molecule has 96 valence electrons. The predicted octanol–water partition coefficient (Wildman–Crippen LogP) is 3.47. The molecule has 0 aliphatic rings. The molecular weight excluding hydrogens is 240 g/mol. The summed E-state index contributed by atoms with van der Waals surface area (Å²) in [5, 5.41) is 6.78. The van der Waals surface area contributed by atoms with Gasteiger partial charge in [0.2, 0.25) is 0 Å². The van der Waals surface area contributed by atoms with Gasteiger partial charge in [0.15, 0.2) is 0 Å². The number of aromatic nitrogens is 1. The number of hydrogen-bond acceptors (Lipinski definition) is 3. The fourth-order valence-electron chi connectivity index (χ4n) is 1.95. The average molecular weight is 260 g/mol. The minimum Gasteiger partial charge on any atom is -0.316 e. The second-order valence-corrected chi connectivity index (χ2v) is 5.49. The second kappa shape index (κ2) is 7.29. The van der Waals surface area contributed by atoms with Crippen molar-refractivity contribution in [2.24, 2.45) is 0 Å². The molecule has 0 aliphatic carbocycles. The van der Waals surface area contributed by atoms with Crippen LogP contribution in [0.3, 0.4) is 0 Å². The lowest BCUT2D eigenvalue weighted by atomic mass is 10.1. The van der Waals surface area contributed by atoms with E-state index in [0.29, 0.717) is 5.92 Å². The Morgan fingerprint density at radius 1 is 1.28 bits per heavy atom. The van der Waals surface area contributed by atoms with Crippen molar-refractivity contribution < 1.29 is 0 Å². The molecule has 2 aromatic rings. The summed E-state index contributed by atoms with van der Waals surface area (Å²) in [6, 6.07) is 10.7. The standard InChI is InChI=1S/C15H20N2S/c1-13(15-17-10-11-18-15)12-16-9-5-8-14-6-3-2-4-7-14/h2-4,6-7,10-11,13,16H,5,8-9,12H2,1H3. The van der Waals surface area contributed by atoms with Gasteiger partial charge in [-0.1, -0.05) is 37.3 Å². The number of aryl methyl sites for hydroxylation is 1. The third-order valence-electron chi connectivity index (χ3n) is 2.99. The molecule has 0 spiro atoms. The minimum atomic E-state index is 0.515. The molecule has 1 unspecified atom stereocenters. The van der Waals surface area contributed by atoms with Crippen molar-refractivity contribution >= 4 is 11.3 Å². The zero-order valence-electron chi connectivity index (χ0n) is 10.8. The van der Waals surface area contributed by atoms with Gasteiger partial charge < -0.3 is 5.32 Å². The van der Waals surface area contributed by atoms with Crippen molar-refractivity contribution in [3.8, 4) is 0 Å². The van der Waals surface area contributed by atoms with E-state index < -0.39 is 0 Å². The van der Waals surface area contributed by atoms with E-state index in [1.165, 1.54) is 17.0 Å². The Morgan fingerprint density at radius 3 is 2.83 bits per heavy atom. The van der Waals surface area contributed by atoms with Crippen LogP contribution in [0.1, 0.15) is 29.8 Å². The van der Waals surface area contributed by atoms with E-state index in [1.807, 2.05) is 11.6 Å². The normalized spacial score (nSPS) is 12.5. The van der Waals surface area contributed by atoms with Gasteiger partial charge in [0.1, 0.15) is 0 Å². The van der Waals surface area contributed by atoms with E-state index >= 15 is 0 Å². The van der Waals surface area contributed by atoms with Crippen LogP contribution >= 0.6 is 11.3 Å². The molecular formula is C15H20N2S. The lowest BCUT2D eigenvalue weighted by Gasteiger charge is -2.09. The number of nitrogens with zero attached hydrogens (tertiary/aromatic N) is 1. The summed E-state index contributed by atoms with van der Waals surface area (Å²) in [7, 11) is 0. The van der Waals surface area contributed by atoms with Gasteiger partial charge >= 0.3 is 0 Å². The maximum Gasteiger partial charge on any atom is 0.0965 e. The van der Waals surface area contributed by atoms with E-state index in [0.717, 1.165) is 19.5 Å². The summed E-state index contributed by atoms with van der Waals surface area (Å²) in [4.78, 5) is 4.34. The first-order valence-electron chi connectivity index (χ1n) is 6.50. The van der Waals surface area contributed by atoms with Gasteiger partial charge in [-0.25, -0.2) is 4.98 Å². The quantitative estimate of drug-likeness (QED) is 0.771. The molecule has 0 bridgehead atoms. The Balaban J connectivity index is 1.59. The number of rotatable bonds is 7. The van der Waals surface area contributed by atoms with Gasteiger partial charge in [-0.2, -0.15) is 0 Å². The highest BCUT2D eigenvalue weighted by molar-refractivity contribution is 7.09. The van der Waals surface area contributed by atoms with Crippen LogP contribution in [0.5, 0.6) is 0 Å². The first kappa shape index (κ1) is 13.2. The highest BCUT2D eigenvalue weighted by atomic mass is 32.1. The van der Waals surface area contributed by atoms with Gasteiger partial charge in [0, 0.05) is 24.0 Å². The number of benzene rings is 1. The molecule has 2 rings (SSSR count). The van der Waals surface area contributed by atoms with Crippen molar-refractivity contribution in [2.45, 2.75) is 25.7 Å². The van der Waals surface area contributed by atoms with E-state index in [2.05, 4.69) is 47.6 Å². The van der Waals surface area contributed by atoms with Crippen LogP contribution in [0, 0.1) is 0 Å². The number of thiazole rings is 1. The van der Waals surface area contributed by atoms with Gasteiger partial charge in [0.05, 0.1) is 5.01 Å². The Bertz CT molecular complexity index is 425. The van der Waals surface area contributed by atoms with Crippen molar-refractivity contribution in [1.82, 2.24) is 10.3 Å². The molecule has 0 saturated heterocycles. The maximum absolute atomic E-state index is 4.34. The van der Waals surface area contributed by atoms with E-state index in [1.54, 1.807) is 11.3 Å². The molecule has 18 heavy (non-hydrogen) atoms. The summed E-state index contributed by atoms with van der Waals surface area (Å²) in [6.07, 6.45) is 4.22. The fourth-order valence-corrected chi connectivity index (χ4v) is 2.64. The molecule has 1 heterocycles. The Labute approximate surface area is 113 Å². The van der Waals surface area contributed by atoms with Crippen molar-refractivity contribution in [2.75, 3.05) is 13.1 Å². The molecule has 1 aromatic heterocycles. The van der Waals surface area contributed by atoms with E-state index in [9.17, 15) is 0 Å². The first-order chi connectivity index (χ1) is 8.86. The highest BCUT2D eigenvalue weighted by Gasteiger charge is 2.06. The molecule has 1 N–H and O–H groups in total. The van der Waals surface area contributed by atoms with Crippen LogP contribution in [0.4, 0.5) is 0 Å². The van der Waals surface area contributed by atoms with E-state index in [-0.39, 0.29) is 0 Å². The fraction of sp³-hybridized carbons (Fsp3) is 0.400. The average Bonchev–Trinajstić information content (AvgIpc) is 2.93. The Kier molecular flexibility index (Phi) is 5.36. The lowest BCUT2D eigenvalue weighted by Crippen LogP contribution is -2.21. The van der Waals surface area contributed by atoms with Crippen LogP contribution < -0.4 is 5.32 Å².